The van der Waals surface area contributed by atoms with Gasteiger partial charge in [-0.2, -0.15) is 18.2 Å². The summed E-state index contributed by atoms with van der Waals surface area (Å²) in [4.78, 5) is 7.61. The van der Waals surface area contributed by atoms with Crippen LogP contribution in [-0.4, -0.2) is 15.1 Å². The number of halogens is 3. The fourth-order valence-corrected chi connectivity index (χ4v) is 2.12. The van der Waals surface area contributed by atoms with Crippen molar-refractivity contribution in [3.63, 3.8) is 0 Å². The van der Waals surface area contributed by atoms with Crippen molar-refractivity contribution < 1.29 is 23.0 Å². The van der Waals surface area contributed by atoms with Crippen molar-refractivity contribution >= 4 is 0 Å². The van der Waals surface area contributed by atoms with E-state index in [4.69, 9.17) is 4.74 Å². The zero-order valence-electron chi connectivity index (χ0n) is 12.9. The lowest BCUT2D eigenvalue weighted by Crippen LogP contribution is -2.11. The molecule has 0 spiro atoms. The second kappa shape index (κ2) is 6.80. The second-order valence-electron chi connectivity index (χ2n) is 5.23. The zero-order valence-corrected chi connectivity index (χ0v) is 12.9. The Labute approximate surface area is 141 Å². The summed E-state index contributed by atoms with van der Waals surface area (Å²) in [7, 11) is 0. The van der Waals surface area contributed by atoms with E-state index in [2.05, 4.69) is 9.97 Å². The predicted octanol–water partition coefficient (Wildman–Crippen LogP) is 4.45. The lowest BCUT2D eigenvalue weighted by molar-refractivity contribution is -0.141. The summed E-state index contributed by atoms with van der Waals surface area (Å²) >= 11 is 0. The van der Waals surface area contributed by atoms with Crippen molar-refractivity contribution in [2.45, 2.75) is 12.8 Å². The van der Waals surface area contributed by atoms with Crippen molar-refractivity contribution in [1.82, 2.24) is 9.97 Å². The van der Waals surface area contributed by atoms with E-state index >= 15 is 0 Å². The van der Waals surface area contributed by atoms with Crippen LogP contribution in [-0.2, 0) is 12.8 Å². The van der Waals surface area contributed by atoms with Crippen LogP contribution in [0.25, 0.3) is 11.4 Å². The van der Waals surface area contributed by atoms with Gasteiger partial charge in [0.2, 0.25) is 5.88 Å². The summed E-state index contributed by atoms with van der Waals surface area (Å²) in [5.41, 5.74) is 0.0583. The van der Waals surface area contributed by atoms with E-state index in [1.165, 1.54) is 24.3 Å². The molecule has 1 heterocycles. The van der Waals surface area contributed by atoms with Crippen LogP contribution >= 0.6 is 0 Å². The Kier molecular flexibility index (Phi) is 4.56. The molecule has 1 aromatic heterocycles. The van der Waals surface area contributed by atoms with E-state index in [0.717, 1.165) is 11.6 Å². The van der Waals surface area contributed by atoms with Crippen LogP contribution in [0.3, 0.4) is 0 Å². The van der Waals surface area contributed by atoms with Gasteiger partial charge in [-0.15, -0.1) is 0 Å². The van der Waals surface area contributed by atoms with Gasteiger partial charge in [-0.3, -0.25) is 0 Å². The molecule has 0 saturated carbocycles. The minimum absolute atomic E-state index is 0.00345. The molecule has 3 aromatic rings. The normalized spacial score (nSPS) is 11.3. The lowest BCUT2D eigenvalue weighted by Gasteiger charge is -2.11. The highest BCUT2D eigenvalue weighted by Gasteiger charge is 2.34. The first kappa shape index (κ1) is 16.8. The molecule has 0 bridgehead atoms. The van der Waals surface area contributed by atoms with Gasteiger partial charge in [0.05, 0.1) is 0 Å². The number of aromatic nitrogens is 2. The first-order chi connectivity index (χ1) is 11.9. The Bertz CT molecular complexity index is 850. The summed E-state index contributed by atoms with van der Waals surface area (Å²) in [6.07, 6.45) is -4.63. The summed E-state index contributed by atoms with van der Waals surface area (Å²) in [5.74, 6) is -0.302. The zero-order chi connectivity index (χ0) is 17.9. The number of rotatable bonds is 4. The maximum atomic E-state index is 13.1. The number of aromatic hydroxyl groups is 1. The van der Waals surface area contributed by atoms with E-state index in [1.54, 1.807) is 12.1 Å². The number of benzene rings is 2. The molecule has 3 rings (SSSR count). The van der Waals surface area contributed by atoms with E-state index in [0.29, 0.717) is 5.56 Å². The number of phenols is 1. The molecule has 0 radical (unpaired) electrons. The van der Waals surface area contributed by atoms with E-state index in [9.17, 15) is 18.3 Å². The van der Waals surface area contributed by atoms with Crippen LogP contribution in [0.15, 0.2) is 60.7 Å². The number of hydrogen-bond acceptors (Lipinski definition) is 4. The van der Waals surface area contributed by atoms with Gasteiger partial charge in [-0.1, -0.05) is 30.3 Å². The summed E-state index contributed by atoms with van der Waals surface area (Å²) < 4.78 is 44.7. The van der Waals surface area contributed by atoms with E-state index in [1.807, 2.05) is 18.2 Å². The summed E-state index contributed by atoms with van der Waals surface area (Å²) in [6, 6.07) is 15.4. The maximum Gasteiger partial charge on any atom is 0.433 e. The molecular formula is C18H13F3N2O2. The minimum Gasteiger partial charge on any atom is -0.508 e. The van der Waals surface area contributed by atoms with E-state index < -0.39 is 11.9 Å². The number of hydrogen-bond donors (Lipinski definition) is 1. The van der Waals surface area contributed by atoms with Gasteiger partial charge in [0, 0.05) is 11.6 Å². The Hall–Kier alpha value is -3.09. The highest BCUT2D eigenvalue weighted by atomic mass is 19.4. The number of phenolic OH excluding ortho intramolecular Hbond substituents is 1. The molecule has 0 atom stereocenters. The van der Waals surface area contributed by atoms with Gasteiger partial charge in [0.1, 0.15) is 12.4 Å². The van der Waals surface area contributed by atoms with Gasteiger partial charge < -0.3 is 9.84 Å². The van der Waals surface area contributed by atoms with Crippen molar-refractivity contribution in [3.8, 4) is 23.0 Å². The van der Waals surface area contributed by atoms with E-state index in [-0.39, 0.29) is 24.1 Å². The van der Waals surface area contributed by atoms with Crippen molar-refractivity contribution in [1.29, 1.82) is 0 Å². The summed E-state index contributed by atoms with van der Waals surface area (Å²) in [5, 5.41) is 9.31. The van der Waals surface area contributed by atoms with Crippen LogP contribution < -0.4 is 4.74 Å². The summed E-state index contributed by atoms with van der Waals surface area (Å²) in [6.45, 7) is 0.0875. The molecule has 7 heteroatoms. The monoisotopic (exact) mass is 346 g/mol. The van der Waals surface area contributed by atoms with Gasteiger partial charge in [0.25, 0.3) is 0 Å². The molecule has 128 valence electrons. The fraction of sp³-hybridized carbons (Fsp3) is 0.111. The average Bonchev–Trinajstić information content (AvgIpc) is 2.60. The van der Waals surface area contributed by atoms with Gasteiger partial charge in [-0.05, 0) is 29.8 Å². The topological polar surface area (TPSA) is 55.2 Å². The molecule has 0 aliphatic carbocycles. The third kappa shape index (κ3) is 4.26. The molecular weight excluding hydrogens is 333 g/mol. The third-order valence-corrected chi connectivity index (χ3v) is 3.35. The Morgan fingerprint density at radius 3 is 2.24 bits per heavy atom. The first-order valence-corrected chi connectivity index (χ1v) is 7.34. The van der Waals surface area contributed by atoms with Crippen LogP contribution in [0.4, 0.5) is 13.2 Å². The van der Waals surface area contributed by atoms with Crippen LogP contribution in [0.1, 0.15) is 11.3 Å². The third-order valence-electron chi connectivity index (χ3n) is 3.35. The van der Waals surface area contributed by atoms with Gasteiger partial charge >= 0.3 is 6.18 Å². The highest BCUT2D eigenvalue weighted by molar-refractivity contribution is 5.57. The van der Waals surface area contributed by atoms with Crippen LogP contribution in [0.2, 0.25) is 0 Å². The minimum atomic E-state index is -4.63. The molecule has 0 unspecified atom stereocenters. The fourth-order valence-electron chi connectivity index (χ4n) is 2.12. The smallest absolute Gasteiger partial charge is 0.433 e. The number of alkyl halides is 3. The van der Waals surface area contributed by atoms with Crippen molar-refractivity contribution in [2.75, 3.05) is 0 Å². The highest BCUT2D eigenvalue weighted by Crippen LogP contribution is 2.31. The van der Waals surface area contributed by atoms with Gasteiger partial charge in [0.15, 0.2) is 11.5 Å². The second-order valence-corrected chi connectivity index (χ2v) is 5.23. The Morgan fingerprint density at radius 1 is 0.920 bits per heavy atom. The number of ether oxygens (including phenoxy) is 1. The van der Waals surface area contributed by atoms with Gasteiger partial charge in [-0.25, -0.2) is 4.98 Å². The molecule has 2 aromatic carbocycles. The predicted molar refractivity (Wildman–Crippen MR) is 84.9 cm³/mol. The molecule has 25 heavy (non-hydrogen) atoms. The van der Waals surface area contributed by atoms with Crippen molar-refractivity contribution in [3.05, 3.63) is 71.9 Å². The molecule has 0 aliphatic heterocycles. The standard InChI is InChI=1S/C18H13F3N2O2/c19-18(20,21)15-10-16(25-11-12-4-2-1-3-5-12)23-17(22-15)13-6-8-14(24)9-7-13/h1-10,24H,11H2. The molecule has 0 aliphatic rings. The molecule has 0 fully saturated rings. The largest absolute Gasteiger partial charge is 0.508 e. The Morgan fingerprint density at radius 2 is 1.60 bits per heavy atom. The van der Waals surface area contributed by atoms with Crippen LogP contribution in [0.5, 0.6) is 11.6 Å². The molecule has 1 N–H and O–H groups in total. The molecule has 0 amide bonds. The lowest BCUT2D eigenvalue weighted by atomic mass is 10.2. The van der Waals surface area contributed by atoms with Crippen LogP contribution in [0, 0.1) is 0 Å². The van der Waals surface area contributed by atoms with Crippen molar-refractivity contribution in [2.24, 2.45) is 0 Å². The quantitative estimate of drug-likeness (QED) is 0.758. The Balaban J connectivity index is 1.94. The molecule has 4 nitrogen and oxygen atoms in total. The maximum absolute atomic E-state index is 13.1. The first-order valence-electron chi connectivity index (χ1n) is 7.34. The number of nitrogens with zero attached hydrogens (tertiary/aromatic N) is 2. The SMILES string of the molecule is Oc1ccc(-c2nc(OCc3ccccc3)cc(C(F)(F)F)n2)cc1. The average molecular weight is 346 g/mol. The molecule has 0 saturated heterocycles.